The van der Waals surface area contributed by atoms with Gasteiger partial charge in [-0.2, -0.15) is 0 Å². The zero-order valence-electron chi connectivity index (χ0n) is 16.5. The van der Waals surface area contributed by atoms with Crippen LogP contribution in [0.3, 0.4) is 0 Å². The van der Waals surface area contributed by atoms with Gasteiger partial charge in [-0.05, 0) is 30.5 Å². The minimum absolute atomic E-state index is 0.0669. The Kier molecular flexibility index (Phi) is 8.03. The summed E-state index contributed by atoms with van der Waals surface area (Å²) in [4.78, 5) is 27.2. The zero-order valence-corrected chi connectivity index (χ0v) is 17.3. The number of carbonyl (C=O) groups excluding carboxylic acids is 2. The van der Waals surface area contributed by atoms with Crippen LogP contribution in [-0.4, -0.2) is 54.7 Å². The summed E-state index contributed by atoms with van der Waals surface area (Å²) in [5.74, 6) is 2.29. The molecule has 1 heterocycles. The van der Waals surface area contributed by atoms with E-state index in [1.165, 1.54) is 0 Å². The Morgan fingerprint density at radius 1 is 1.25 bits per heavy atom. The molecule has 1 aromatic carbocycles. The van der Waals surface area contributed by atoms with Gasteiger partial charge in [0.2, 0.25) is 11.8 Å². The third-order valence-electron chi connectivity index (χ3n) is 5.30. The molecule has 0 radical (unpaired) electrons. The molecule has 1 N–H and O–H groups in total. The SMILES string of the molecule is COCCCOc1cccc(CNC(=O)C2CSCN2C(=O)C2CCCC2)c1. The van der Waals surface area contributed by atoms with E-state index in [2.05, 4.69) is 5.32 Å². The second-order valence-electron chi connectivity index (χ2n) is 7.37. The van der Waals surface area contributed by atoms with Gasteiger partial charge in [0, 0.05) is 38.4 Å². The van der Waals surface area contributed by atoms with E-state index in [0.29, 0.717) is 31.4 Å². The van der Waals surface area contributed by atoms with Crippen molar-refractivity contribution >= 4 is 23.6 Å². The smallest absolute Gasteiger partial charge is 0.243 e. The molecule has 3 rings (SSSR count). The summed E-state index contributed by atoms with van der Waals surface area (Å²) in [5, 5.41) is 3.00. The fourth-order valence-electron chi connectivity index (χ4n) is 3.73. The Bertz CT molecular complexity index is 664. The standard InChI is InChI=1S/C21H30N2O4S/c1-26-10-5-11-27-18-9-4-6-16(12-18)13-22-20(24)19-14-28-15-23(19)21(25)17-7-2-3-8-17/h4,6,9,12,17,19H,2-3,5,7-8,10-11,13-15H2,1H3,(H,22,24). The molecule has 0 bridgehead atoms. The van der Waals surface area contributed by atoms with Crippen LogP contribution in [0, 0.1) is 5.92 Å². The van der Waals surface area contributed by atoms with Crippen molar-refractivity contribution in [3.63, 3.8) is 0 Å². The number of rotatable bonds is 9. The number of nitrogens with one attached hydrogen (secondary N) is 1. The molecule has 1 aliphatic carbocycles. The van der Waals surface area contributed by atoms with Crippen LogP contribution in [0.25, 0.3) is 0 Å². The monoisotopic (exact) mass is 406 g/mol. The molecule has 1 aliphatic heterocycles. The van der Waals surface area contributed by atoms with E-state index in [-0.39, 0.29) is 23.8 Å². The molecule has 2 aliphatic rings. The lowest BCUT2D eigenvalue weighted by Gasteiger charge is -2.25. The molecule has 1 saturated carbocycles. The van der Waals surface area contributed by atoms with Gasteiger partial charge in [0.1, 0.15) is 11.8 Å². The first-order valence-electron chi connectivity index (χ1n) is 10.1. The maximum Gasteiger partial charge on any atom is 0.243 e. The summed E-state index contributed by atoms with van der Waals surface area (Å²) in [6.45, 7) is 1.70. The second-order valence-corrected chi connectivity index (χ2v) is 8.36. The van der Waals surface area contributed by atoms with Gasteiger partial charge in [-0.15, -0.1) is 11.8 Å². The van der Waals surface area contributed by atoms with E-state index in [1.807, 2.05) is 24.3 Å². The number of thioether (sulfide) groups is 1. The highest BCUT2D eigenvalue weighted by atomic mass is 32.2. The molecule has 2 fully saturated rings. The van der Waals surface area contributed by atoms with Crippen molar-refractivity contribution in [2.45, 2.75) is 44.7 Å². The highest BCUT2D eigenvalue weighted by Gasteiger charge is 2.38. The van der Waals surface area contributed by atoms with Gasteiger partial charge in [0.15, 0.2) is 0 Å². The molecule has 0 aromatic heterocycles. The van der Waals surface area contributed by atoms with Crippen LogP contribution in [-0.2, 0) is 20.9 Å². The normalized spacial score (nSPS) is 19.8. The molecule has 6 nitrogen and oxygen atoms in total. The Hall–Kier alpha value is -1.73. The summed E-state index contributed by atoms with van der Waals surface area (Å²) in [6.07, 6.45) is 5.01. The number of hydrogen-bond acceptors (Lipinski definition) is 5. The van der Waals surface area contributed by atoms with Crippen molar-refractivity contribution in [3.8, 4) is 5.75 Å². The van der Waals surface area contributed by atoms with Gasteiger partial charge in [-0.25, -0.2) is 0 Å². The fourth-order valence-corrected chi connectivity index (χ4v) is 4.89. The number of methoxy groups -OCH3 is 1. The minimum Gasteiger partial charge on any atom is -0.493 e. The van der Waals surface area contributed by atoms with Gasteiger partial charge in [-0.3, -0.25) is 9.59 Å². The van der Waals surface area contributed by atoms with Gasteiger partial charge < -0.3 is 19.7 Å². The van der Waals surface area contributed by atoms with Crippen molar-refractivity contribution in [2.75, 3.05) is 32.0 Å². The third kappa shape index (κ3) is 5.64. The van der Waals surface area contributed by atoms with Crippen LogP contribution in [0.2, 0.25) is 0 Å². The lowest BCUT2D eigenvalue weighted by Crippen LogP contribution is -2.48. The summed E-state index contributed by atoms with van der Waals surface area (Å²) < 4.78 is 10.7. The first kappa shape index (κ1) is 21.0. The number of ether oxygens (including phenoxy) is 2. The summed E-state index contributed by atoms with van der Waals surface area (Å²) in [5.41, 5.74) is 0.983. The van der Waals surface area contributed by atoms with Crippen LogP contribution < -0.4 is 10.1 Å². The predicted molar refractivity (Wildman–Crippen MR) is 110 cm³/mol. The Morgan fingerprint density at radius 3 is 2.86 bits per heavy atom. The molecule has 154 valence electrons. The number of benzene rings is 1. The molecule has 7 heteroatoms. The Balaban J connectivity index is 1.49. The van der Waals surface area contributed by atoms with Gasteiger partial charge in [0.05, 0.1) is 12.5 Å². The largest absolute Gasteiger partial charge is 0.493 e. The van der Waals surface area contributed by atoms with Crippen molar-refractivity contribution in [1.82, 2.24) is 10.2 Å². The van der Waals surface area contributed by atoms with E-state index in [4.69, 9.17) is 9.47 Å². The molecule has 1 unspecified atom stereocenters. The summed E-state index contributed by atoms with van der Waals surface area (Å²) in [6, 6.07) is 7.39. The molecule has 1 aromatic rings. The van der Waals surface area contributed by atoms with Crippen LogP contribution in [0.4, 0.5) is 0 Å². The average Bonchev–Trinajstić information content (AvgIpc) is 3.41. The van der Waals surface area contributed by atoms with Gasteiger partial charge >= 0.3 is 0 Å². The minimum atomic E-state index is -0.355. The van der Waals surface area contributed by atoms with E-state index in [1.54, 1.807) is 23.8 Å². The highest BCUT2D eigenvalue weighted by molar-refractivity contribution is 7.99. The Labute approximate surface area is 171 Å². The van der Waals surface area contributed by atoms with Gasteiger partial charge in [0.25, 0.3) is 0 Å². The van der Waals surface area contributed by atoms with E-state index < -0.39 is 0 Å². The predicted octanol–water partition coefficient (Wildman–Crippen LogP) is 2.81. The zero-order chi connectivity index (χ0) is 19.8. The van der Waals surface area contributed by atoms with Crippen LogP contribution in [0.1, 0.15) is 37.7 Å². The van der Waals surface area contributed by atoms with Crippen LogP contribution in [0.5, 0.6) is 5.75 Å². The van der Waals surface area contributed by atoms with Crippen molar-refractivity contribution in [1.29, 1.82) is 0 Å². The topological polar surface area (TPSA) is 67.9 Å². The van der Waals surface area contributed by atoms with Crippen molar-refractivity contribution in [2.24, 2.45) is 5.92 Å². The summed E-state index contributed by atoms with van der Waals surface area (Å²) in [7, 11) is 1.68. The molecular formula is C21H30N2O4S. The maximum atomic E-state index is 12.7. The first-order chi connectivity index (χ1) is 13.7. The molecule has 1 atom stereocenters. The molecular weight excluding hydrogens is 376 g/mol. The number of carbonyl (C=O) groups is 2. The van der Waals surface area contributed by atoms with Crippen molar-refractivity contribution in [3.05, 3.63) is 29.8 Å². The van der Waals surface area contributed by atoms with Crippen molar-refractivity contribution < 1.29 is 19.1 Å². The highest BCUT2D eigenvalue weighted by Crippen LogP contribution is 2.30. The fraction of sp³-hybridized carbons (Fsp3) is 0.619. The average molecular weight is 407 g/mol. The molecule has 28 heavy (non-hydrogen) atoms. The lowest BCUT2D eigenvalue weighted by molar-refractivity contribution is -0.141. The number of amides is 2. The quantitative estimate of drug-likeness (QED) is 0.639. The summed E-state index contributed by atoms with van der Waals surface area (Å²) >= 11 is 1.66. The van der Waals surface area contributed by atoms with E-state index >= 15 is 0 Å². The van der Waals surface area contributed by atoms with E-state index in [0.717, 1.165) is 43.4 Å². The molecule has 0 spiro atoms. The van der Waals surface area contributed by atoms with Crippen LogP contribution >= 0.6 is 11.8 Å². The number of nitrogens with zero attached hydrogens (tertiary/aromatic N) is 1. The first-order valence-corrected chi connectivity index (χ1v) is 11.2. The van der Waals surface area contributed by atoms with Crippen LogP contribution in [0.15, 0.2) is 24.3 Å². The molecule has 2 amide bonds. The van der Waals surface area contributed by atoms with E-state index in [9.17, 15) is 9.59 Å². The Morgan fingerprint density at radius 2 is 2.07 bits per heavy atom. The number of hydrogen-bond donors (Lipinski definition) is 1. The second kappa shape index (κ2) is 10.7. The van der Waals surface area contributed by atoms with Gasteiger partial charge in [-0.1, -0.05) is 25.0 Å². The molecule has 1 saturated heterocycles. The maximum absolute atomic E-state index is 12.7. The third-order valence-corrected chi connectivity index (χ3v) is 6.31. The lowest BCUT2D eigenvalue weighted by atomic mass is 10.1.